The predicted molar refractivity (Wildman–Crippen MR) is 84.3 cm³/mol. The molecule has 0 radical (unpaired) electrons. The molecule has 0 heterocycles. The van der Waals surface area contributed by atoms with Crippen LogP contribution in [0.1, 0.15) is 52.4 Å². The van der Waals surface area contributed by atoms with Crippen LogP contribution >= 0.6 is 0 Å². The third kappa shape index (κ3) is 5.72. The molecule has 0 N–H and O–H groups in total. The minimum Gasteiger partial charge on any atom is -0.466 e. The van der Waals surface area contributed by atoms with E-state index in [0.29, 0.717) is 12.8 Å². The van der Waals surface area contributed by atoms with Crippen LogP contribution in [0, 0.1) is 5.92 Å². The monoisotopic (exact) mass is 504 g/mol. The molecule has 0 saturated heterocycles. The van der Waals surface area contributed by atoms with Gasteiger partial charge in [-0.05, 0) is 13.3 Å². The molecule has 0 aromatic heterocycles. The van der Waals surface area contributed by atoms with Crippen molar-refractivity contribution in [3.05, 3.63) is 0 Å². The molecule has 0 amide bonds. The quantitative estimate of drug-likeness (QED) is 0.150. The summed E-state index contributed by atoms with van der Waals surface area (Å²) in [5.74, 6) is -41.1. The van der Waals surface area contributed by atoms with E-state index in [1.807, 2.05) is 0 Å². The number of unbranched alkanes of at least 4 members (excludes halogenated alkanes) is 3. The van der Waals surface area contributed by atoms with Crippen LogP contribution < -0.4 is 0 Å². The number of hydrogen-bond acceptors (Lipinski definition) is 2. The molecule has 1 unspecified atom stereocenters. The highest BCUT2D eigenvalue weighted by Gasteiger charge is 2.90. The van der Waals surface area contributed by atoms with E-state index < -0.39 is 67.1 Å². The molecule has 32 heavy (non-hydrogen) atoms. The van der Waals surface area contributed by atoms with Gasteiger partial charge in [0.15, 0.2) is 0 Å². The van der Waals surface area contributed by atoms with Gasteiger partial charge in [0.05, 0.1) is 12.5 Å². The van der Waals surface area contributed by atoms with Gasteiger partial charge in [0, 0.05) is 6.42 Å². The van der Waals surface area contributed by atoms with Gasteiger partial charge in [-0.3, -0.25) is 4.79 Å². The molecule has 0 fully saturated rings. The smallest absolute Gasteiger partial charge is 0.460 e. The molecule has 0 spiro atoms. The molecule has 0 aromatic rings. The number of alkyl halides is 13. The molecular formula is C17H21F13O2. The molecule has 0 aromatic carbocycles. The van der Waals surface area contributed by atoms with Gasteiger partial charge >= 0.3 is 41.8 Å². The summed E-state index contributed by atoms with van der Waals surface area (Å²) in [6.45, 7) is 2.43. The summed E-state index contributed by atoms with van der Waals surface area (Å²) in [7, 11) is 0. The first kappa shape index (κ1) is 30.6. The maximum absolute atomic E-state index is 14.0. The number of ether oxygens (including phenoxy) is 1. The summed E-state index contributed by atoms with van der Waals surface area (Å²) in [5.41, 5.74) is 0. The van der Waals surface area contributed by atoms with E-state index in [0.717, 1.165) is 0 Å². The van der Waals surface area contributed by atoms with Gasteiger partial charge in [-0.15, -0.1) is 0 Å². The minimum absolute atomic E-state index is 0.0718. The van der Waals surface area contributed by atoms with Crippen molar-refractivity contribution in [1.29, 1.82) is 0 Å². The van der Waals surface area contributed by atoms with E-state index in [1.54, 1.807) is 6.92 Å². The molecule has 2 nitrogen and oxygen atoms in total. The van der Waals surface area contributed by atoms with Gasteiger partial charge in [0.1, 0.15) is 0 Å². The summed E-state index contributed by atoms with van der Waals surface area (Å²) < 4.78 is 176. The van der Waals surface area contributed by atoms with Crippen LogP contribution in [0.4, 0.5) is 57.1 Å². The molecule has 15 heteroatoms. The summed E-state index contributed by atoms with van der Waals surface area (Å²) in [6, 6.07) is 0. The summed E-state index contributed by atoms with van der Waals surface area (Å²) in [6.07, 6.45) is -9.33. The number of carbonyl (C=O) groups is 1. The van der Waals surface area contributed by atoms with Crippen LogP contribution in [-0.2, 0) is 9.53 Å². The topological polar surface area (TPSA) is 26.3 Å². The Hall–Kier alpha value is -1.44. The molecule has 0 saturated carbocycles. The number of rotatable bonds is 13. The van der Waals surface area contributed by atoms with E-state index in [1.165, 1.54) is 6.92 Å². The Morgan fingerprint density at radius 3 is 1.56 bits per heavy atom. The van der Waals surface area contributed by atoms with E-state index in [2.05, 4.69) is 4.74 Å². The first-order valence-electron chi connectivity index (χ1n) is 9.28. The average molecular weight is 504 g/mol. The van der Waals surface area contributed by atoms with Crippen molar-refractivity contribution < 1.29 is 66.6 Å². The van der Waals surface area contributed by atoms with Crippen LogP contribution in [-0.4, -0.2) is 48.4 Å². The van der Waals surface area contributed by atoms with E-state index in [-0.39, 0.29) is 12.8 Å². The number of hydrogen-bond donors (Lipinski definition) is 0. The van der Waals surface area contributed by atoms with Gasteiger partial charge in [0.25, 0.3) is 0 Å². The highest BCUT2D eigenvalue weighted by Crippen LogP contribution is 2.61. The number of halogens is 13. The molecule has 1 atom stereocenters. The first-order chi connectivity index (χ1) is 14.2. The van der Waals surface area contributed by atoms with Crippen LogP contribution in [0.3, 0.4) is 0 Å². The Morgan fingerprint density at radius 1 is 0.688 bits per heavy atom. The van der Waals surface area contributed by atoms with Gasteiger partial charge in [0.2, 0.25) is 0 Å². The Labute approximate surface area is 174 Å². The molecular weight excluding hydrogens is 483 g/mol. The van der Waals surface area contributed by atoms with Crippen molar-refractivity contribution in [3.8, 4) is 0 Å². The third-order valence-electron chi connectivity index (χ3n) is 4.53. The summed E-state index contributed by atoms with van der Waals surface area (Å²) in [5, 5.41) is 0. The zero-order valence-corrected chi connectivity index (χ0v) is 16.8. The Balaban J connectivity index is 6.07. The van der Waals surface area contributed by atoms with Gasteiger partial charge in [-0.25, -0.2) is 0 Å². The van der Waals surface area contributed by atoms with Crippen molar-refractivity contribution in [1.82, 2.24) is 0 Å². The van der Waals surface area contributed by atoms with Crippen LogP contribution in [0.15, 0.2) is 0 Å². The Bertz CT molecular complexity index is 614. The van der Waals surface area contributed by atoms with Crippen molar-refractivity contribution in [2.24, 2.45) is 5.92 Å². The number of carbonyl (C=O) groups excluding carboxylic acids is 1. The highest BCUT2D eigenvalue weighted by atomic mass is 19.4. The zero-order chi connectivity index (χ0) is 25.8. The fraction of sp³-hybridized carbons (Fsp3) is 0.941. The second-order valence-corrected chi connectivity index (χ2v) is 7.00. The second kappa shape index (κ2) is 10.2. The lowest BCUT2D eigenvalue weighted by molar-refractivity contribution is -0.440. The molecule has 0 rings (SSSR count). The average Bonchev–Trinajstić information content (AvgIpc) is 2.62. The predicted octanol–water partition coefficient (Wildman–Crippen LogP) is 7.27. The van der Waals surface area contributed by atoms with Crippen molar-refractivity contribution in [3.63, 3.8) is 0 Å². The Morgan fingerprint density at radius 2 is 1.16 bits per heavy atom. The largest absolute Gasteiger partial charge is 0.466 e. The lowest BCUT2D eigenvalue weighted by atomic mass is 9.87. The van der Waals surface area contributed by atoms with Gasteiger partial charge in [-0.1, -0.05) is 32.6 Å². The van der Waals surface area contributed by atoms with Gasteiger partial charge < -0.3 is 4.74 Å². The normalized spacial score (nSPS) is 15.6. The fourth-order valence-corrected chi connectivity index (χ4v) is 2.62. The Kier molecular flexibility index (Phi) is 9.76. The van der Waals surface area contributed by atoms with E-state index in [4.69, 9.17) is 0 Å². The molecule has 0 aliphatic carbocycles. The number of esters is 1. The van der Waals surface area contributed by atoms with Crippen molar-refractivity contribution >= 4 is 5.97 Å². The molecule has 192 valence electrons. The summed E-state index contributed by atoms with van der Waals surface area (Å²) in [4.78, 5) is 11.7. The van der Waals surface area contributed by atoms with E-state index >= 15 is 0 Å². The van der Waals surface area contributed by atoms with Gasteiger partial charge in [-0.2, -0.15) is 57.1 Å². The minimum atomic E-state index is -7.95. The second-order valence-electron chi connectivity index (χ2n) is 7.00. The fourth-order valence-electron chi connectivity index (χ4n) is 2.62. The SMILES string of the molecule is CCCCCCC(CC(F)(F)C(F)(F)C(F)(F)C(F)(F)C(F)(F)C(F)(F)F)C(=O)OCC. The maximum Gasteiger partial charge on any atom is 0.460 e. The summed E-state index contributed by atoms with van der Waals surface area (Å²) >= 11 is 0. The van der Waals surface area contributed by atoms with Crippen molar-refractivity contribution in [2.75, 3.05) is 6.61 Å². The maximum atomic E-state index is 14.0. The van der Waals surface area contributed by atoms with Crippen LogP contribution in [0.5, 0.6) is 0 Å². The zero-order valence-electron chi connectivity index (χ0n) is 16.8. The van der Waals surface area contributed by atoms with Crippen LogP contribution in [0.25, 0.3) is 0 Å². The molecule has 0 aliphatic rings. The third-order valence-corrected chi connectivity index (χ3v) is 4.53. The first-order valence-corrected chi connectivity index (χ1v) is 9.28. The van der Waals surface area contributed by atoms with Crippen LogP contribution in [0.2, 0.25) is 0 Å². The molecule has 0 aliphatic heterocycles. The standard InChI is InChI=1S/C17H21F13O2/c1-3-5-6-7-8-10(11(31)32-4-2)9-12(18,19)13(20,21)14(22,23)15(24,25)16(26,27)17(28,29)30/h10H,3-9H2,1-2H3. The van der Waals surface area contributed by atoms with E-state index in [9.17, 15) is 61.9 Å². The van der Waals surface area contributed by atoms with Crippen molar-refractivity contribution in [2.45, 2.75) is 88.2 Å². The lowest BCUT2D eigenvalue weighted by Crippen LogP contribution is -2.70. The highest BCUT2D eigenvalue weighted by molar-refractivity contribution is 5.72. The lowest BCUT2D eigenvalue weighted by Gasteiger charge is -2.40. The molecule has 0 bridgehead atoms.